The zero-order chi connectivity index (χ0) is 18.1. The van der Waals surface area contributed by atoms with Crippen LogP contribution in [0.4, 0.5) is 4.79 Å². The van der Waals surface area contributed by atoms with E-state index in [2.05, 4.69) is 35.0 Å². The number of hydrogen-bond acceptors (Lipinski definition) is 2. The Morgan fingerprint density at radius 2 is 1.20 bits per heavy atom. The molecule has 25 heavy (non-hydrogen) atoms. The first-order valence-electron chi connectivity index (χ1n) is 8.59. The lowest BCUT2D eigenvalue weighted by molar-refractivity contribution is 0.0956. The average molecular weight is 339 g/mol. The van der Waals surface area contributed by atoms with Crippen LogP contribution >= 0.6 is 0 Å². The molecule has 0 aliphatic rings. The molecular formula is C20H25N3O2. The van der Waals surface area contributed by atoms with Crippen molar-refractivity contribution < 1.29 is 9.59 Å². The molecule has 5 nitrogen and oxygen atoms in total. The van der Waals surface area contributed by atoms with Gasteiger partial charge in [0.2, 0.25) is 0 Å². The fraction of sp³-hybridized carbons (Fsp3) is 0.300. The van der Waals surface area contributed by atoms with Gasteiger partial charge >= 0.3 is 6.03 Å². The highest BCUT2D eigenvalue weighted by molar-refractivity contribution is 5.94. The van der Waals surface area contributed by atoms with Gasteiger partial charge in [-0.15, -0.1) is 0 Å². The van der Waals surface area contributed by atoms with Crippen molar-refractivity contribution in [3.8, 4) is 0 Å². The normalized spacial score (nSPS) is 10.2. The number of aryl methyl sites for hydroxylation is 1. The summed E-state index contributed by atoms with van der Waals surface area (Å²) in [6, 6.07) is 15.2. The Morgan fingerprint density at radius 1 is 0.720 bits per heavy atom. The number of carbonyl (C=O) groups excluding carboxylic acids is 2. The van der Waals surface area contributed by atoms with Crippen molar-refractivity contribution in [2.45, 2.75) is 33.4 Å². The van der Waals surface area contributed by atoms with E-state index in [-0.39, 0.29) is 11.9 Å². The summed E-state index contributed by atoms with van der Waals surface area (Å²) in [5, 5.41) is 8.41. The molecule has 0 spiro atoms. The summed E-state index contributed by atoms with van der Waals surface area (Å²) >= 11 is 0. The highest BCUT2D eigenvalue weighted by Crippen LogP contribution is 2.05. The summed E-state index contributed by atoms with van der Waals surface area (Å²) in [5.74, 6) is -0.0890. The number of nitrogens with one attached hydrogen (secondary N) is 3. The van der Waals surface area contributed by atoms with Gasteiger partial charge in [-0.2, -0.15) is 0 Å². The van der Waals surface area contributed by atoms with Crippen LogP contribution in [0, 0.1) is 0 Å². The van der Waals surface area contributed by atoms with Gasteiger partial charge in [-0.3, -0.25) is 4.79 Å². The molecule has 0 aliphatic heterocycles. The molecule has 0 unspecified atom stereocenters. The quantitative estimate of drug-likeness (QED) is 0.726. The van der Waals surface area contributed by atoms with Crippen molar-refractivity contribution in [1.29, 1.82) is 0 Å². The smallest absolute Gasteiger partial charge is 0.315 e. The van der Waals surface area contributed by atoms with Crippen LogP contribution in [-0.4, -0.2) is 18.5 Å². The maximum atomic E-state index is 11.9. The van der Waals surface area contributed by atoms with Gasteiger partial charge in [0.25, 0.3) is 5.91 Å². The molecule has 0 aromatic heterocycles. The summed E-state index contributed by atoms with van der Waals surface area (Å²) < 4.78 is 0. The van der Waals surface area contributed by atoms with Gasteiger partial charge in [0, 0.05) is 25.2 Å². The highest BCUT2D eigenvalue weighted by Gasteiger charge is 2.05. The Balaban J connectivity index is 1.76. The van der Waals surface area contributed by atoms with Crippen LogP contribution in [-0.2, 0) is 19.5 Å². The molecule has 2 rings (SSSR count). The van der Waals surface area contributed by atoms with E-state index in [9.17, 15) is 9.59 Å². The van der Waals surface area contributed by atoms with Crippen molar-refractivity contribution >= 4 is 11.9 Å². The van der Waals surface area contributed by atoms with Crippen molar-refractivity contribution in [3.05, 3.63) is 70.8 Å². The number of benzene rings is 2. The predicted octanol–water partition coefficient (Wildman–Crippen LogP) is 3.00. The monoisotopic (exact) mass is 339 g/mol. The first-order valence-corrected chi connectivity index (χ1v) is 8.59. The standard InChI is InChI=1S/C20H25N3O2/c1-3-15-5-7-16(8-6-15)13-22-20(25)23-14-17-9-11-18(12-10-17)19(24)21-4-2/h5-12H,3-4,13-14H2,1-2H3,(H,21,24)(H2,22,23,25). The fourth-order valence-corrected chi connectivity index (χ4v) is 2.36. The molecule has 0 saturated carbocycles. The lowest BCUT2D eigenvalue weighted by Gasteiger charge is -2.09. The van der Waals surface area contributed by atoms with E-state index >= 15 is 0 Å². The van der Waals surface area contributed by atoms with E-state index in [0.29, 0.717) is 25.2 Å². The maximum absolute atomic E-state index is 11.9. The summed E-state index contributed by atoms with van der Waals surface area (Å²) in [6.45, 7) is 5.50. The van der Waals surface area contributed by atoms with Gasteiger partial charge in [-0.25, -0.2) is 4.79 Å². The van der Waals surface area contributed by atoms with Crippen LogP contribution in [0.25, 0.3) is 0 Å². The molecule has 0 atom stereocenters. The van der Waals surface area contributed by atoms with Crippen molar-refractivity contribution in [1.82, 2.24) is 16.0 Å². The minimum absolute atomic E-state index is 0.0890. The number of urea groups is 1. The number of carbonyl (C=O) groups is 2. The second-order valence-electron chi connectivity index (χ2n) is 5.76. The van der Waals surface area contributed by atoms with Gasteiger partial charge in [-0.1, -0.05) is 43.3 Å². The Kier molecular flexibility index (Phi) is 7.01. The Bertz CT molecular complexity index is 694. The van der Waals surface area contributed by atoms with E-state index in [1.54, 1.807) is 12.1 Å². The third kappa shape index (κ3) is 5.95. The minimum atomic E-state index is -0.215. The summed E-state index contributed by atoms with van der Waals surface area (Å²) in [6.07, 6.45) is 1.01. The zero-order valence-corrected chi connectivity index (χ0v) is 14.8. The second-order valence-corrected chi connectivity index (χ2v) is 5.76. The van der Waals surface area contributed by atoms with Crippen LogP contribution in [0.2, 0.25) is 0 Å². The average Bonchev–Trinajstić information content (AvgIpc) is 2.65. The van der Waals surface area contributed by atoms with Crippen molar-refractivity contribution in [2.24, 2.45) is 0 Å². The number of rotatable bonds is 7. The SMILES string of the molecule is CCNC(=O)c1ccc(CNC(=O)NCc2ccc(CC)cc2)cc1. The van der Waals surface area contributed by atoms with Crippen LogP contribution in [0.15, 0.2) is 48.5 Å². The minimum Gasteiger partial charge on any atom is -0.352 e. The molecule has 0 radical (unpaired) electrons. The van der Waals surface area contributed by atoms with Gasteiger partial charge in [0.05, 0.1) is 0 Å². The highest BCUT2D eigenvalue weighted by atomic mass is 16.2. The summed E-state index contributed by atoms with van der Waals surface area (Å²) in [5.41, 5.74) is 3.91. The number of hydrogen-bond donors (Lipinski definition) is 3. The van der Waals surface area contributed by atoms with E-state index < -0.39 is 0 Å². The molecular weight excluding hydrogens is 314 g/mol. The molecule has 3 N–H and O–H groups in total. The Hall–Kier alpha value is -2.82. The van der Waals surface area contributed by atoms with Gasteiger partial charge in [-0.05, 0) is 42.2 Å². The molecule has 2 aromatic rings. The molecule has 5 heteroatoms. The third-order valence-electron chi connectivity index (χ3n) is 3.89. The molecule has 2 aromatic carbocycles. The Labute approximate surface area is 148 Å². The van der Waals surface area contributed by atoms with E-state index in [0.717, 1.165) is 17.5 Å². The molecule has 3 amide bonds. The molecule has 0 aliphatic carbocycles. The predicted molar refractivity (Wildman–Crippen MR) is 99.3 cm³/mol. The van der Waals surface area contributed by atoms with Crippen LogP contribution in [0.1, 0.15) is 40.9 Å². The molecule has 0 fully saturated rings. The lowest BCUT2D eigenvalue weighted by atomic mass is 10.1. The van der Waals surface area contributed by atoms with Crippen molar-refractivity contribution in [2.75, 3.05) is 6.54 Å². The third-order valence-corrected chi connectivity index (χ3v) is 3.89. The lowest BCUT2D eigenvalue weighted by Crippen LogP contribution is -2.34. The van der Waals surface area contributed by atoms with Crippen LogP contribution in [0.3, 0.4) is 0 Å². The summed E-state index contributed by atoms with van der Waals surface area (Å²) in [7, 11) is 0. The molecule has 0 heterocycles. The topological polar surface area (TPSA) is 70.2 Å². The molecule has 132 valence electrons. The van der Waals surface area contributed by atoms with Crippen LogP contribution in [0.5, 0.6) is 0 Å². The fourth-order valence-electron chi connectivity index (χ4n) is 2.36. The molecule has 0 saturated heterocycles. The van der Waals surface area contributed by atoms with E-state index in [1.165, 1.54) is 5.56 Å². The van der Waals surface area contributed by atoms with E-state index in [1.807, 2.05) is 31.2 Å². The summed E-state index contributed by atoms with van der Waals surface area (Å²) in [4.78, 5) is 23.6. The molecule has 0 bridgehead atoms. The zero-order valence-electron chi connectivity index (χ0n) is 14.8. The van der Waals surface area contributed by atoms with Gasteiger partial charge in [0.1, 0.15) is 0 Å². The Morgan fingerprint density at radius 3 is 1.68 bits per heavy atom. The van der Waals surface area contributed by atoms with Crippen LogP contribution < -0.4 is 16.0 Å². The first-order chi connectivity index (χ1) is 12.1. The number of amides is 3. The first kappa shape index (κ1) is 18.5. The van der Waals surface area contributed by atoms with Crippen molar-refractivity contribution in [3.63, 3.8) is 0 Å². The largest absolute Gasteiger partial charge is 0.352 e. The van der Waals surface area contributed by atoms with E-state index in [4.69, 9.17) is 0 Å². The van der Waals surface area contributed by atoms with Gasteiger partial charge < -0.3 is 16.0 Å². The maximum Gasteiger partial charge on any atom is 0.315 e. The van der Waals surface area contributed by atoms with Gasteiger partial charge in [0.15, 0.2) is 0 Å². The second kappa shape index (κ2) is 9.47.